The molecule has 0 spiro atoms. The highest BCUT2D eigenvalue weighted by atomic mass is 35.5. The van der Waals surface area contributed by atoms with Crippen molar-refractivity contribution in [3.8, 4) is 0 Å². The van der Waals surface area contributed by atoms with E-state index in [4.69, 9.17) is 11.6 Å². The fraction of sp³-hybridized carbons (Fsp3) is 0.923. The Morgan fingerprint density at radius 2 is 1.94 bits per heavy atom. The van der Waals surface area contributed by atoms with Gasteiger partial charge >= 0.3 is 0 Å². The van der Waals surface area contributed by atoms with E-state index in [0.717, 1.165) is 51.2 Å². The molecular formula is C13H25ClN2O. The van der Waals surface area contributed by atoms with Crippen LogP contribution < -0.4 is 0 Å². The third-order valence-corrected chi connectivity index (χ3v) is 3.63. The van der Waals surface area contributed by atoms with Crippen LogP contribution in [0, 0.1) is 5.92 Å². The molecule has 1 amide bonds. The van der Waals surface area contributed by atoms with Gasteiger partial charge in [0.05, 0.1) is 0 Å². The molecule has 17 heavy (non-hydrogen) atoms. The molecule has 0 bridgehead atoms. The Bertz CT molecular complexity index is 225. The molecule has 0 aromatic heterocycles. The Morgan fingerprint density at radius 1 is 1.29 bits per heavy atom. The van der Waals surface area contributed by atoms with Gasteiger partial charge in [-0.1, -0.05) is 0 Å². The van der Waals surface area contributed by atoms with Gasteiger partial charge in [-0.3, -0.25) is 4.79 Å². The van der Waals surface area contributed by atoms with Gasteiger partial charge in [0.1, 0.15) is 0 Å². The molecule has 1 fully saturated rings. The summed E-state index contributed by atoms with van der Waals surface area (Å²) < 4.78 is 0. The smallest absolute Gasteiger partial charge is 0.222 e. The Kier molecular flexibility index (Phi) is 6.90. The van der Waals surface area contributed by atoms with Crippen LogP contribution in [0.4, 0.5) is 0 Å². The number of alkyl halides is 1. The van der Waals surface area contributed by atoms with Crippen molar-refractivity contribution < 1.29 is 4.79 Å². The van der Waals surface area contributed by atoms with Crippen LogP contribution in [0.1, 0.15) is 32.1 Å². The summed E-state index contributed by atoms with van der Waals surface area (Å²) in [6.45, 7) is 3.03. The molecule has 0 aromatic rings. The first-order chi connectivity index (χ1) is 8.13. The van der Waals surface area contributed by atoms with Crippen LogP contribution in [-0.4, -0.2) is 55.3 Å². The minimum atomic E-state index is 0.318. The average Bonchev–Trinajstić information content (AvgIpc) is 2.29. The normalized spacial score (nSPS) is 17.8. The molecule has 1 aliphatic heterocycles. The SMILES string of the molecule is CN(C)CC1CCN(C(=O)CCCCCl)CC1. The first-order valence-electron chi connectivity index (χ1n) is 6.62. The second-order valence-electron chi connectivity index (χ2n) is 5.23. The van der Waals surface area contributed by atoms with E-state index in [1.54, 1.807) is 0 Å². The number of carbonyl (C=O) groups excluding carboxylic acids is 1. The molecule has 1 aliphatic rings. The van der Waals surface area contributed by atoms with Crippen molar-refractivity contribution in [1.82, 2.24) is 9.80 Å². The summed E-state index contributed by atoms with van der Waals surface area (Å²) >= 11 is 5.61. The van der Waals surface area contributed by atoms with Gasteiger partial charge in [0, 0.05) is 31.9 Å². The van der Waals surface area contributed by atoms with Crippen molar-refractivity contribution in [2.24, 2.45) is 5.92 Å². The molecule has 0 unspecified atom stereocenters. The number of likely N-dealkylation sites (tertiary alicyclic amines) is 1. The molecule has 0 radical (unpaired) electrons. The topological polar surface area (TPSA) is 23.6 Å². The molecule has 0 saturated carbocycles. The fourth-order valence-corrected chi connectivity index (χ4v) is 2.60. The van der Waals surface area contributed by atoms with Gasteiger partial charge in [-0.05, 0) is 45.7 Å². The zero-order valence-electron chi connectivity index (χ0n) is 11.1. The molecule has 0 atom stereocenters. The van der Waals surface area contributed by atoms with Crippen molar-refractivity contribution in [3.63, 3.8) is 0 Å². The van der Waals surface area contributed by atoms with E-state index < -0.39 is 0 Å². The maximum Gasteiger partial charge on any atom is 0.222 e. The fourth-order valence-electron chi connectivity index (χ4n) is 2.41. The summed E-state index contributed by atoms with van der Waals surface area (Å²) in [5.74, 6) is 1.74. The molecular weight excluding hydrogens is 236 g/mol. The molecule has 0 aromatic carbocycles. The molecule has 0 N–H and O–H groups in total. The highest BCUT2D eigenvalue weighted by Gasteiger charge is 2.22. The Morgan fingerprint density at radius 3 is 2.47 bits per heavy atom. The van der Waals surface area contributed by atoms with Crippen LogP contribution in [0.15, 0.2) is 0 Å². The quantitative estimate of drug-likeness (QED) is 0.540. The Labute approximate surface area is 110 Å². The summed E-state index contributed by atoms with van der Waals surface area (Å²) in [5, 5.41) is 0. The van der Waals surface area contributed by atoms with Gasteiger partial charge in [-0.15, -0.1) is 11.6 Å². The minimum Gasteiger partial charge on any atom is -0.343 e. The standard InChI is InChI=1S/C13H25ClN2O/c1-15(2)11-12-6-9-16(10-7-12)13(17)5-3-4-8-14/h12H,3-11H2,1-2H3. The van der Waals surface area contributed by atoms with Crippen molar-refractivity contribution >= 4 is 17.5 Å². The number of halogens is 1. The maximum atomic E-state index is 11.9. The number of hydrogen-bond acceptors (Lipinski definition) is 2. The molecule has 3 nitrogen and oxygen atoms in total. The van der Waals surface area contributed by atoms with Gasteiger partial charge in [0.15, 0.2) is 0 Å². The van der Waals surface area contributed by atoms with Crippen LogP contribution in [0.2, 0.25) is 0 Å². The lowest BCUT2D eigenvalue weighted by atomic mass is 9.96. The van der Waals surface area contributed by atoms with Crippen molar-refractivity contribution in [1.29, 1.82) is 0 Å². The molecule has 0 aliphatic carbocycles. The first-order valence-corrected chi connectivity index (χ1v) is 7.15. The summed E-state index contributed by atoms with van der Waals surface area (Å²) in [6.07, 6.45) is 4.86. The van der Waals surface area contributed by atoms with Gasteiger partial charge in [-0.25, -0.2) is 0 Å². The summed E-state index contributed by atoms with van der Waals surface area (Å²) in [5.41, 5.74) is 0. The van der Waals surface area contributed by atoms with Gasteiger partial charge < -0.3 is 9.80 Å². The second kappa shape index (κ2) is 7.93. The summed E-state index contributed by atoms with van der Waals surface area (Å²) in [7, 11) is 4.23. The number of piperidine rings is 1. The van der Waals surface area contributed by atoms with Crippen LogP contribution in [-0.2, 0) is 4.79 Å². The maximum absolute atomic E-state index is 11.9. The average molecular weight is 261 g/mol. The molecule has 1 heterocycles. The number of rotatable bonds is 6. The Balaban J connectivity index is 2.19. The number of unbranched alkanes of at least 4 members (excludes halogenated alkanes) is 1. The summed E-state index contributed by atoms with van der Waals surface area (Å²) in [6, 6.07) is 0. The highest BCUT2D eigenvalue weighted by Crippen LogP contribution is 2.18. The largest absolute Gasteiger partial charge is 0.343 e. The van der Waals surface area contributed by atoms with Crippen LogP contribution >= 0.6 is 11.6 Å². The third kappa shape index (κ3) is 5.73. The van der Waals surface area contributed by atoms with E-state index in [0.29, 0.717) is 18.2 Å². The predicted molar refractivity (Wildman–Crippen MR) is 72.4 cm³/mol. The number of nitrogens with zero attached hydrogens (tertiary/aromatic N) is 2. The van der Waals surface area contributed by atoms with Crippen LogP contribution in [0.25, 0.3) is 0 Å². The summed E-state index contributed by atoms with van der Waals surface area (Å²) in [4.78, 5) is 16.1. The van der Waals surface area contributed by atoms with E-state index in [1.165, 1.54) is 0 Å². The second-order valence-corrected chi connectivity index (χ2v) is 5.61. The lowest BCUT2D eigenvalue weighted by Crippen LogP contribution is -2.40. The molecule has 1 saturated heterocycles. The van der Waals surface area contributed by atoms with Gasteiger partial charge in [-0.2, -0.15) is 0 Å². The van der Waals surface area contributed by atoms with Crippen molar-refractivity contribution in [2.45, 2.75) is 32.1 Å². The number of carbonyl (C=O) groups is 1. The van der Waals surface area contributed by atoms with E-state index in [9.17, 15) is 4.79 Å². The van der Waals surface area contributed by atoms with Crippen LogP contribution in [0.3, 0.4) is 0 Å². The minimum absolute atomic E-state index is 0.318. The molecule has 4 heteroatoms. The number of amides is 1. The monoisotopic (exact) mass is 260 g/mol. The highest BCUT2D eigenvalue weighted by molar-refractivity contribution is 6.17. The van der Waals surface area contributed by atoms with E-state index in [1.807, 2.05) is 4.90 Å². The lowest BCUT2D eigenvalue weighted by molar-refractivity contribution is -0.132. The van der Waals surface area contributed by atoms with Gasteiger partial charge in [0.25, 0.3) is 0 Å². The number of hydrogen-bond donors (Lipinski definition) is 0. The molecule has 100 valence electrons. The zero-order chi connectivity index (χ0) is 12.7. The Hall–Kier alpha value is -0.280. The van der Waals surface area contributed by atoms with E-state index in [-0.39, 0.29) is 0 Å². The lowest BCUT2D eigenvalue weighted by Gasteiger charge is -2.33. The molecule has 1 rings (SSSR count). The third-order valence-electron chi connectivity index (χ3n) is 3.36. The van der Waals surface area contributed by atoms with E-state index in [2.05, 4.69) is 19.0 Å². The van der Waals surface area contributed by atoms with Crippen molar-refractivity contribution in [2.75, 3.05) is 39.6 Å². The van der Waals surface area contributed by atoms with Crippen LogP contribution in [0.5, 0.6) is 0 Å². The van der Waals surface area contributed by atoms with Gasteiger partial charge in [0.2, 0.25) is 5.91 Å². The van der Waals surface area contributed by atoms with Crippen molar-refractivity contribution in [3.05, 3.63) is 0 Å². The first kappa shape index (κ1) is 14.8. The zero-order valence-corrected chi connectivity index (χ0v) is 11.9. The van der Waals surface area contributed by atoms with E-state index >= 15 is 0 Å². The predicted octanol–water partition coefficient (Wildman–Crippen LogP) is 2.20.